The molecule has 4 nitrogen and oxygen atoms in total. The summed E-state index contributed by atoms with van der Waals surface area (Å²) >= 11 is 0. The molecule has 0 radical (unpaired) electrons. The normalized spacial score (nSPS) is 11.7. The van der Waals surface area contributed by atoms with Crippen molar-refractivity contribution in [1.82, 2.24) is 9.97 Å². The number of aryl methyl sites for hydroxylation is 3. The van der Waals surface area contributed by atoms with Gasteiger partial charge in [0, 0.05) is 38.5 Å². The van der Waals surface area contributed by atoms with Gasteiger partial charge >= 0.3 is 0 Å². The minimum Gasteiger partial charge on any atom is -0.438 e. The third-order valence-electron chi connectivity index (χ3n) is 5.90. The van der Waals surface area contributed by atoms with Crippen LogP contribution in [-0.2, 0) is 0 Å². The maximum atomic E-state index is 6.25. The molecule has 0 atom stereocenters. The van der Waals surface area contributed by atoms with E-state index >= 15 is 0 Å². The molecular formula is C27H20N2O2. The molecule has 0 aliphatic carbocycles. The fraction of sp³-hybridized carbons (Fsp3) is 0.111. The fourth-order valence-corrected chi connectivity index (χ4v) is 4.40. The van der Waals surface area contributed by atoms with Gasteiger partial charge in [-0.25, -0.2) is 9.97 Å². The Labute approximate surface area is 179 Å². The van der Waals surface area contributed by atoms with Gasteiger partial charge in [0.15, 0.2) is 0 Å². The van der Waals surface area contributed by atoms with E-state index in [9.17, 15) is 0 Å². The topological polar surface area (TPSA) is 52.1 Å². The van der Waals surface area contributed by atoms with E-state index in [2.05, 4.69) is 55.2 Å². The van der Waals surface area contributed by atoms with Gasteiger partial charge in [0.1, 0.15) is 11.3 Å². The third-order valence-corrected chi connectivity index (χ3v) is 5.90. The Morgan fingerprint density at radius 2 is 1.55 bits per heavy atom. The molecule has 6 rings (SSSR count). The summed E-state index contributed by atoms with van der Waals surface area (Å²) in [5.41, 5.74) is 8.31. The fourth-order valence-electron chi connectivity index (χ4n) is 4.40. The molecule has 4 heterocycles. The van der Waals surface area contributed by atoms with Crippen LogP contribution in [0.15, 0.2) is 75.6 Å². The average Bonchev–Trinajstić information content (AvgIpc) is 3.35. The summed E-state index contributed by atoms with van der Waals surface area (Å²) in [6.07, 6.45) is 0. The molecule has 0 bridgehead atoms. The summed E-state index contributed by atoms with van der Waals surface area (Å²) in [4.78, 5) is 9.32. The summed E-state index contributed by atoms with van der Waals surface area (Å²) in [5.74, 6) is 0.800. The maximum Gasteiger partial charge on any atom is 0.227 e. The van der Waals surface area contributed by atoms with Crippen molar-refractivity contribution in [2.45, 2.75) is 20.8 Å². The lowest BCUT2D eigenvalue weighted by Crippen LogP contribution is -1.87. The first-order valence-corrected chi connectivity index (χ1v) is 10.3. The van der Waals surface area contributed by atoms with Gasteiger partial charge in [-0.1, -0.05) is 30.3 Å². The number of nitrogens with zero attached hydrogens (tertiary/aromatic N) is 2. The average molecular weight is 404 g/mol. The molecule has 0 N–H and O–H groups in total. The van der Waals surface area contributed by atoms with Crippen LogP contribution in [0.1, 0.15) is 16.8 Å². The molecule has 0 spiro atoms. The van der Waals surface area contributed by atoms with Crippen LogP contribution in [0.2, 0.25) is 0 Å². The first-order valence-electron chi connectivity index (χ1n) is 10.3. The molecule has 150 valence electrons. The van der Waals surface area contributed by atoms with Crippen LogP contribution >= 0.6 is 0 Å². The highest BCUT2D eigenvalue weighted by Crippen LogP contribution is 2.39. The van der Waals surface area contributed by atoms with E-state index in [1.165, 1.54) is 0 Å². The van der Waals surface area contributed by atoms with E-state index in [4.69, 9.17) is 13.8 Å². The molecular weight excluding hydrogens is 384 g/mol. The van der Waals surface area contributed by atoms with Gasteiger partial charge in [0.05, 0.1) is 5.69 Å². The highest BCUT2D eigenvalue weighted by molar-refractivity contribution is 6.07. The zero-order valence-corrected chi connectivity index (χ0v) is 17.6. The van der Waals surface area contributed by atoms with Crippen LogP contribution in [0.5, 0.6) is 0 Å². The Kier molecular flexibility index (Phi) is 3.78. The number of furan rings is 2. The predicted octanol–water partition coefficient (Wildman–Crippen LogP) is 7.38. The summed E-state index contributed by atoms with van der Waals surface area (Å²) in [6.45, 7) is 6.16. The Balaban J connectivity index is 1.54. The van der Waals surface area contributed by atoms with Crippen molar-refractivity contribution in [3.63, 3.8) is 0 Å². The van der Waals surface area contributed by atoms with Crippen molar-refractivity contribution in [2.24, 2.45) is 0 Å². The minimum atomic E-state index is 0.636. The number of fused-ring (bicyclic) bond motifs is 4. The second-order valence-electron chi connectivity index (χ2n) is 8.05. The molecule has 0 aliphatic heterocycles. The number of pyridine rings is 2. The number of hydrogen-bond donors (Lipinski definition) is 0. The number of hydrogen-bond acceptors (Lipinski definition) is 4. The molecule has 4 aromatic heterocycles. The third kappa shape index (κ3) is 2.76. The molecule has 0 saturated heterocycles. The van der Waals surface area contributed by atoms with Gasteiger partial charge in [0.25, 0.3) is 0 Å². The molecule has 0 saturated carbocycles. The summed E-state index contributed by atoms with van der Waals surface area (Å²) in [7, 11) is 0. The predicted molar refractivity (Wildman–Crippen MR) is 124 cm³/mol. The molecule has 0 amide bonds. The number of aromatic nitrogens is 2. The lowest BCUT2D eigenvalue weighted by molar-refractivity contribution is 0.616. The molecule has 0 aliphatic rings. The van der Waals surface area contributed by atoms with E-state index in [-0.39, 0.29) is 0 Å². The van der Waals surface area contributed by atoms with Gasteiger partial charge in [-0.05, 0) is 62.7 Å². The summed E-state index contributed by atoms with van der Waals surface area (Å²) in [5, 5.41) is 3.11. The van der Waals surface area contributed by atoms with Crippen molar-refractivity contribution in [3.05, 3.63) is 83.6 Å². The quantitative estimate of drug-likeness (QED) is 0.302. The van der Waals surface area contributed by atoms with E-state index < -0.39 is 0 Å². The van der Waals surface area contributed by atoms with E-state index in [1.807, 2.05) is 37.3 Å². The zero-order valence-electron chi connectivity index (χ0n) is 17.6. The van der Waals surface area contributed by atoms with Crippen LogP contribution in [0.25, 0.3) is 55.7 Å². The number of benzene rings is 2. The largest absolute Gasteiger partial charge is 0.438 e. The second kappa shape index (κ2) is 6.54. The zero-order chi connectivity index (χ0) is 21.1. The highest BCUT2D eigenvalue weighted by Gasteiger charge is 2.19. The number of rotatable bonds is 2. The van der Waals surface area contributed by atoms with Gasteiger partial charge in [-0.15, -0.1) is 0 Å². The first kappa shape index (κ1) is 17.9. The molecule has 2 aromatic carbocycles. The van der Waals surface area contributed by atoms with Gasteiger partial charge in [0.2, 0.25) is 11.4 Å². The van der Waals surface area contributed by atoms with Crippen LogP contribution in [0.3, 0.4) is 0 Å². The van der Waals surface area contributed by atoms with E-state index in [1.54, 1.807) is 0 Å². The molecule has 31 heavy (non-hydrogen) atoms. The first-order chi connectivity index (χ1) is 15.1. The maximum absolute atomic E-state index is 6.25. The van der Waals surface area contributed by atoms with Crippen molar-refractivity contribution < 1.29 is 8.83 Å². The molecule has 0 fully saturated rings. The highest BCUT2D eigenvalue weighted by atomic mass is 16.3. The lowest BCUT2D eigenvalue weighted by Gasteiger charge is -2.07. The van der Waals surface area contributed by atoms with Crippen molar-refractivity contribution in [3.8, 4) is 22.6 Å². The second-order valence-corrected chi connectivity index (χ2v) is 8.05. The Bertz CT molecular complexity index is 1610. The lowest BCUT2D eigenvalue weighted by atomic mass is 9.97. The molecule has 0 unspecified atom stereocenters. The molecule has 4 heteroatoms. The van der Waals surface area contributed by atoms with Crippen molar-refractivity contribution >= 4 is 33.2 Å². The van der Waals surface area contributed by atoms with Crippen LogP contribution in [0, 0.1) is 20.8 Å². The monoisotopic (exact) mass is 404 g/mol. The Hall–Kier alpha value is -3.92. The Morgan fingerprint density at radius 1 is 0.710 bits per heavy atom. The minimum absolute atomic E-state index is 0.636. The van der Waals surface area contributed by atoms with Crippen LogP contribution in [0.4, 0.5) is 0 Å². The van der Waals surface area contributed by atoms with Gasteiger partial charge < -0.3 is 8.83 Å². The summed E-state index contributed by atoms with van der Waals surface area (Å²) in [6, 6.07) is 22.6. The van der Waals surface area contributed by atoms with E-state index in [0.29, 0.717) is 11.4 Å². The van der Waals surface area contributed by atoms with Gasteiger partial charge in [-0.2, -0.15) is 0 Å². The summed E-state index contributed by atoms with van der Waals surface area (Å²) < 4.78 is 12.4. The smallest absolute Gasteiger partial charge is 0.227 e. The van der Waals surface area contributed by atoms with Gasteiger partial charge in [-0.3, -0.25) is 0 Å². The Morgan fingerprint density at radius 3 is 2.39 bits per heavy atom. The molecule has 6 aromatic rings. The van der Waals surface area contributed by atoms with Crippen molar-refractivity contribution in [1.29, 1.82) is 0 Å². The van der Waals surface area contributed by atoms with Crippen molar-refractivity contribution in [2.75, 3.05) is 0 Å². The van der Waals surface area contributed by atoms with Crippen LogP contribution in [-0.4, -0.2) is 9.97 Å². The SMILES string of the molecule is Cc1ccc2c(n1)oc1c(C)c(-c3cc4ccc(-c5ccccc5)nc4o3)c(C)cc12. The van der Waals surface area contributed by atoms with Crippen LogP contribution < -0.4 is 0 Å². The standard InChI is InChI=1S/C27H20N2O2/c1-15-13-21-20-11-9-16(2)28-27(20)31-25(21)17(3)24(15)23-14-19-10-12-22(29-26(19)30-23)18-7-5-4-6-8-18/h4-14H,1-3H3. The van der Waals surface area contributed by atoms with E-state index in [0.717, 1.165) is 61.1 Å².